The topological polar surface area (TPSA) is 9.23 Å². The molecule has 0 spiro atoms. The summed E-state index contributed by atoms with van der Waals surface area (Å²) in [6.07, 6.45) is 1.19. The molecule has 0 bridgehead atoms. The summed E-state index contributed by atoms with van der Waals surface area (Å²) in [5, 5.41) is 0. The lowest BCUT2D eigenvalue weighted by atomic mass is 10.1. The van der Waals surface area contributed by atoms with Gasteiger partial charge in [0.2, 0.25) is 0 Å². The van der Waals surface area contributed by atoms with Crippen molar-refractivity contribution in [1.82, 2.24) is 0 Å². The van der Waals surface area contributed by atoms with Crippen molar-refractivity contribution in [2.45, 2.75) is 6.42 Å². The van der Waals surface area contributed by atoms with Crippen LogP contribution in [0.15, 0.2) is 28.7 Å². The summed E-state index contributed by atoms with van der Waals surface area (Å²) in [6.45, 7) is 0.849. The van der Waals surface area contributed by atoms with E-state index in [-0.39, 0.29) is 0 Å². The van der Waals surface area contributed by atoms with Gasteiger partial charge in [0.15, 0.2) is 0 Å². The molecule has 0 aliphatic carbocycles. The molecule has 0 amide bonds. The van der Waals surface area contributed by atoms with Gasteiger partial charge in [0.1, 0.15) is 5.75 Å². The van der Waals surface area contributed by atoms with Crippen LogP contribution in [-0.4, -0.2) is 18.1 Å². The molecule has 0 radical (unpaired) electrons. The molecule has 76 valence electrons. The van der Waals surface area contributed by atoms with E-state index >= 15 is 0 Å². The van der Waals surface area contributed by atoms with Gasteiger partial charge in [0, 0.05) is 4.47 Å². The Labute approximate surface area is 97.4 Å². The van der Waals surface area contributed by atoms with Crippen LogP contribution in [0.25, 0.3) is 0 Å². The molecule has 1 saturated heterocycles. The van der Waals surface area contributed by atoms with Crippen molar-refractivity contribution in [3.63, 3.8) is 0 Å². The highest BCUT2D eigenvalue weighted by molar-refractivity contribution is 9.10. The quantitative estimate of drug-likeness (QED) is 0.829. The fourth-order valence-corrected chi connectivity index (χ4v) is 2.63. The summed E-state index contributed by atoms with van der Waals surface area (Å²) in [7, 11) is 0. The highest BCUT2D eigenvalue weighted by Crippen LogP contribution is 2.27. The van der Waals surface area contributed by atoms with Gasteiger partial charge in [0.25, 0.3) is 0 Å². The minimum Gasteiger partial charge on any atom is -0.494 e. The Morgan fingerprint density at radius 3 is 2.93 bits per heavy atom. The Hall–Kier alpha value is -0.150. The number of hydrogen-bond acceptors (Lipinski definition) is 2. The van der Waals surface area contributed by atoms with Crippen molar-refractivity contribution in [3.8, 4) is 5.75 Å². The minimum atomic E-state index is 0.849. The average molecular weight is 273 g/mol. The van der Waals surface area contributed by atoms with Gasteiger partial charge in [-0.2, -0.15) is 11.8 Å². The Balaban J connectivity index is 1.74. The van der Waals surface area contributed by atoms with Gasteiger partial charge in [-0.1, -0.05) is 22.0 Å². The fourth-order valence-electron chi connectivity index (χ4n) is 1.35. The van der Waals surface area contributed by atoms with Crippen LogP contribution in [0, 0.1) is 5.92 Å². The SMILES string of the molecule is Brc1cccc(OCCC2CSC2)c1. The van der Waals surface area contributed by atoms with E-state index in [0.29, 0.717) is 0 Å². The standard InChI is InChI=1S/C11H13BrOS/c12-10-2-1-3-11(6-10)13-5-4-9-7-14-8-9/h1-3,6,9H,4-5,7-8H2. The third-order valence-electron chi connectivity index (χ3n) is 2.30. The highest BCUT2D eigenvalue weighted by Gasteiger charge is 2.17. The minimum absolute atomic E-state index is 0.849. The maximum absolute atomic E-state index is 5.65. The summed E-state index contributed by atoms with van der Waals surface area (Å²) in [6, 6.07) is 8.02. The molecule has 1 aromatic carbocycles. The summed E-state index contributed by atoms with van der Waals surface area (Å²) >= 11 is 5.46. The maximum Gasteiger partial charge on any atom is 0.120 e. The summed E-state index contributed by atoms with van der Waals surface area (Å²) < 4.78 is 6.73. The summed E-state index contributed by atoms with van der Waals surface area (Å²) in [4.78, 5) is 0. The van der Waals surface area contributed by atoms with E-state index in [1.165, 1.54) is 17.9 Å². The zero-order valence-electron chi connectivity index (χ0n) is 7.91. The Morgan fingerprint density at radius 1 is 1.43 bits per heavy atom. The van der Waals surface area contributed by atoms with Gasteiger partial charge >= 0.3 is 0 Å². The van der Waals surface area contributed by atoms with Crippen LogP contribution < -0.4 is 4.74 Å². The molecular weight excluding hydrogens is 260 g/mol. The molecule has 0 atom stereocenters. The normalized spacial score (nSPS) is 16.4. The van der Waals surface area contributed by atoms with Gasteiger partial charge in [-0.3, -0.25) is 0 Å². The third kappa shape index (κ3) is 2.92. The lowest BCUT2D eigenvalue weighted by Gasteiger charge is -2.24. The van der Waals surface area contributed by atoms with Crippen molar-refractivity contribution < 1.29 is 4.74 Å². The predicted molar refractivity (Wildman–Crippen MR) is 65.1 cm³/mol. The van der Waals surface area contributed by atoms with Crippen molar-refractivity contribution >= 4 is 27.7 Å². The first-order valence-corrected chi connectivity index (χ1v) is 6.75. The Bertz CT molecular complexity index is 299. The second kappa shape index (κ2) is 5.08. The summed E-state index contributed by atoms with van der Waals surface area (Å²) in [5.41, 5.74) is 0. The first-order valence-electron chi connectivity index (χ1n) is 4.81. The van der Waals surface area contributed by atoms with Gasteiger partial charge in [0.05, 0.1) is 6.61 Å². The van der Waals surface area contributed by atoms with Crippen molar-refractivity contribution in [2.75, 3.05) is 18.1 Å². The molecule has 0 N–H and O–H groups in total. The van der Waals surface area contributed by atoms with Crippen LogP contribution in [0.4, 0.5) is 0 Å². The smallest absolute Gasteiger partial charge is 0.120 e. The molecule has 2 rings (SSSR count). The first-order chi connectivity index (χ1) is 6.84. The van der Waals surface area contributed by atoms with Gasteiger partial charge in [-0.05, 0) is 42.0 Å². The second-order valence-electron chi connectivity index (χ2n) is 3.50. The average Bonchev–Trinajstić information content (AvgIpc) is 2.09. The number of halogens is 1. The third-order valence-corrected chi connectivity index (χ3v) is 4.21. The number of thioether (sulfide) groups is 1. The monoisotopic (exact) mass is 272 g/mol. The highest BCUT2D eigenvalue weighted by atomic mass is 79.9. The molecule has 0 saturated carbocycles. The van der Waals surface area contributed by atoms with Crippen LogP contribution in [0.2, 0.25) is 0 Å². The summed E-state index contributed by atoms with van der Waals surface area (Å²) in [5.74, 6) is 4.50. The number of benzene rings is 1. The van der Waals surface area contributed by atoms with E-state index in [0.717, 1.165) is 22.7 Å². The number of ether oxygens (including phenoxy) is 1. The molecule has 1 aromatic rings. The van der Waals surface area contributed by atoms with E-state index < -0.39 is 0 Å². The lowest BCUT2D eigenvalue weighted by molar-refractivity contribution is 0.289. The van der Waals surface area contributed by atoms with Crippen LogP contribution >= 0.6 is 27.7 Å². The van der Waals surface area contributed by atoms with Crippen molar-refractivity contribution in [3.05, 3.63) is 28.7 Å². The largest absolute Gasteiger partial charge is 0.494 e. The van der Waals surface area contributed by atoms with E-state index in [1.807, 2.05) is 36.0 Å². The number of hydrogen-bond donors (Lipinski definition) is 0. The zero-order valence-corrected chi connectivity index (χ0v) is 10.3. The first kappa shape index (κ1) is 10.4. The van der Waals surface area contributed by atoms with Gasteiger partial charge in [-0.15, -0.1) is 0 Å². The van der Waals surface area contributed by atoms with Crippen LogP contribution in [0.3, 0.4) is 0 Å². The van der Waals surface area contributed by atoms with E-state index in [4.69, 9.17) is 4.74 Å². The van der Waals surface area contributed by atoms with Crippen LogP contribution in [0.1, 0.15) is 6.42 Å². The molecular formula is C11H13BrOS. The van der Waals surface area contributed by atoms with E-state index in [9.17, 15) is 0 Å². The number of rotatable bonds is 4. The van der Waals surface area contributed by atoms with Gasteiger partial charge < -0.3 is 4.74 Å². The van der Waals surface area contributed by atoms with Crippen molar-refractivity contribution in [1.29, 1.82) is 0 Å². The Morgan fingerprint density at radius 2 is 2.29 bits per heavy atom. The molecule has 14 heavy (non-hydrogen) atoms. The van der Waals surface area contributed by atoms with E-state index in [1.54, 1.807) is 0 Å². The molecule has 1 aliphatic heterocycles. The second-order valence-corrected chi connectivity index (χ2v) is 5.49. The molecule has 1 fully saturated rings. The van der Waals surface area contributed by atoms with Crippen molar-refractivity contribution in [2.24, 2.45) is 5.92 Å². The van der Waals surface area contributed by atoms with E-state index in [2.05, 4.69) is 15.9 Å². The molecule has 0 unspecified atom stereocenters. The zero-order chi connectivity index (χ0) is 9.80. The molecule has 0 aromatic heterocycles. The lowest BCUT2D eigenvalue weighted by Crippen LogP contribution is -2.20. The molecule has 1 nitrogen and oxygen atoms in total. The molecule has 3 heteroatoms. The maximum atomic E-state index is 5.65. The van der Waals surface area contributed by atoms with Crippen LogP contribution in [0.5, 0.6) is 5.75 Å². The van der Waals surface area contributed by atoms with Crippen LogP contribution in [-0.2, 0) is 0 Å². The Kier molecular flexibility index (Phi) is 3.76. The van der Waals surface area contributed by atoms with Gasteiger partial charge in [-0.25, -0.2) is 0 Å². The molecule has 1 aliphatic rings. The molecule has 1 heterocycles. The fraction of sp³-hybridized carbons (Fsp3) is 0.455. The predicted octanol–water partition coefficient (Wildman–Crippen LogP) is 3.58.